The number of benzene rings is 3. The zero-order valence-electron chi connectivity index (χ0n) is 18.8. The van der Waals surface area contributed by atoms with Gasteiger partial charge in [-0.2, -0.15) is 0 Å². The molecule has 4 heteroatoms. The molecule has 3 aromatic rings. The van der Waals surface area contributed by atoms with Crippen LogP contribution in [0.15, 0.2) is 101 Å². The summed E-state index contributed by atoms with van der Waals surface area (Å²) in [5.74, 6) is -0.206. The third kappa shape index (κ3) is 4.55. The third-order valence-corrected chi connectivity index (χ3v) is 19.2. The van der Waals surface area contributed by atoms with Crippen LogP contribution in [0.4, 0.5) is 0 Å². The molecule has 4 rings (SSSR count). The molecule has 1 atom stereocenters. The summed E-state index contributed by atoms with van der Waals surface area (Å²) >= 11 is -3.58. The van der Waals surface area contributed by atoms with Gasteiger partial charge in [-0.15, -0.1) is 0 Å². The summed E-state index contributed by atoms with van der Waals surface area (Å²) < 4.78 is 18.2. The maximum atomic E-state index is 12.4. The number of ether oxygens (including phenoxy) is 2. The molecule has 164 valence electrons. The molecule has 1 heterocycles. The molecule has 0 bridgehead atoms. The van der Waals surface area contributed by atoms with Crippen LogP contribution in [0.2, 0.25) is 0 Å². The van der Waals surface area contributed by atoms with Crippen molar-refractivity contribution in [2.45, 2.75) is 32.3 Å². The molecular weight excluding hydrogens is 503 g/mol. The fourth-order valence-electron chi connectivity index (χ4n) is 4.73. The van der Waals surface area contributed by atoms with E-state index >= 15 is 0 Å². The van der Waals surface area contributed by atoms with E-state index in [0.717, 1.165) is 6.42 Å². The van der Waals surface area contributed by atoms with Crippen molar-refractivity contribution in [2.24, 2.45) is 0 Å². The second kappa shape index (κ2) is 10.1. The zero-order valence-corrected chi connectivity index (χ0v) is 21.6. The summed E-state index contributed by atoms with van der Waals surface area (Å²) in [5, 5.41) is 0. The molecule has 0 amide bonds. The molecule has 3 nitrogen and oxygen atoms in total. The Morgan fingerprint density at radius 1 is 0.906 bits per heavy atom. The van der Waals surface area contributed by atoms with Gasteiger partial charge in [-0.3, -0.25) is 0 Å². The molecule has 1 aliphatic heterocycles. The predicted molar refractivity (Wildman–Crippen MR) is 132 cm³/mol. The summed E-state index contributed by atoms with van der Waals surface area (Å²) in [6, 6.07) is 32.6. The van der Waals surface area contributed by atoms with Gasteiger partial charge >= 0.3 is 196 Å². The van der Waals surface area contributed by atoms with Gasteiger partial charge < -0.3 is 0 Å². The third-order valence-electron chi connectivity index (χ3n) is 6.34. The minimum absolute atomic E-state index is 0.206. The van der Waals surface area contributed by atoms with Gasteiger partial charge in [0.25, 0.3) is 0 Å². The van der Waals surface area contributed by atoms with Crippen LogP contribution in [-0.2, 0) is 14.3 Å². The average molecular weight is 533 g/mol. The first-order valence-corrected chi connectivity index (χ1v) is 17.2. The Labute approximate surface area is 195 Å². The van der Waals surface area contributed by atoms with E-state index in [-0.39, 0.29) is 12.4 Å². The summed E-state index contributed by atoms with van der Waals surface area (Å²) in [7, 11) is 0. The molecule has 0 N–H and O–H groups in total. The first-order chi connectivity index (χ1) is 15.6. The van der Waals surface area contributed by atoms with Crippen LogP contribution in [0.1, 0.15) is 26.7 Å². The van der Waals surface area contributed by atoms with E-state index in [1.54, 1.807) is 0 Å². The number of hydrogen-bond donors (Lipinski definition) is 0. The minimum atomic E-state index is -3.58. The monoisotopic (exact) mass is 534 g/mol. The van der Waals surface area contributed by atoms with Crippen LogP contribution in [0.5, 0.6) is 0 Å². The Bertz CT molecular complexity index is 967. The molecule has 0 radical (unpaired) electrons. The van der Waals surface area contributed by atoms with Gasteiger partial charge in [0, 0.05) is 0 Å². The van der Waals surface area contributed by atoms with Gasteiger partial charge in [0.1, 0.15) is 0 Å². The molecule has 0 aliphatic carbocycles. The fraction of sp³-hybridized carbons (Fsp3) is 0.250. The molecule has 1 unspecified atom stereocenters. The van der Waals surface area contributed by atoms with E-state index in [4.69, 9.17) is 9.47 Å². The molecule has 1 aliphatic rings. The Morgan fingerprint density at radius 3 is 1.81 bits per heavy atom. The molecular formula is C28H30O3Sn. The molecule has 0 saturated carbocycles. The van der Waals surface area contributed by atoms with Gasteiger partial charge in [0.2, 0.25) is 0 Å². The van der Waals surface area contributed by atoms with Gasteiger partial charge in [-0.25, -0.2) is 0 Å². The van der Waals surface area contributed by atoms with Crippen molar-refractivity contribution >= 4 is 35.1 Å². The Hall–Kier alpha value is -2.37. The first-order valence-electron chi connectivity index (χ1n) is 11.3. The number of carbonyl (C=O) groups excluding carboxylic acids is 1. The second-order valence-corrected chi connectivity index (χ2v) is 18.8. The van der Waals surface area contributed by atoms with Gasteiger partial charge in [0.15, 0.2) is 0 Å². The van der Waals surface area contributed by atoms with Crippen LogP contribution in [0, 0.1) is 0 Å². The van der Waals surface area contributed by atoms with Crippen LogP contribution in [0.25, 0.3) is 0 Å². The SMILES string of the molecule is CCOC(=O)CC1(C)OCC/C1=[CH]\[Sn]([c]1ccccc1)([c]1ccccc1)[c]1ccccc1. The normalized spacial score (nSPS) is 19.8. The van der Waals surface area contributed by atoms with Gasteiger partial charge in [-0.05, 0) is 0 Å². The average Bonchev–Trinajstić information content (AvgIpc) is 3.18. The van der Waals surface area contributed by atoms with Gasteiger partial charge in [0.05, 0.1) is 0 Å². The van der Waals surface area contributed by atoms with E-state index in [1.165, 1.54) is 16.3 Å². The quantitative estimate of drug-likeness (QED) is 0.343. The summed E-state index contributed by atoms with van der Waals surface area (Å²) in [6.07, 6.45) is 1.08. The van der Waals surface area contributed by atoms with E-state index in [9.17, 15) is 4.79 Å². The Balaban J connectivity index is 1.95. The van der Waals surface area contributed by atoms with Crippen molar-refractivity contribution in [3.05, 3.63) is 101 Å². The van der Waals surface area contributed by atoms with Gasteiger partial charge in [-0.1, -0.05) is 0 Å². The number of esters is 1. The van der Waals surface area contributed by atoms with Crippen molar-refractivity contribution in [1.29, 1.82) is 0 Å². The van der Waals surface area contributed by atoms with Crippen LogP contribution in [0.3, 0.4) is 0 Å². The fourth-order valence-corrected chi connectivity index (χ4v) is 17.9. The van der Waals surface area contributed by atoms with Crippen molar-refractivity contribution in [3.63, 3.8) is 0 Å². The molecule has 1 fully saturated rings. The molecule has 3 aromatic carbocycles. The topological polar surface area (TPSA) is 35.5 Å². The number of rotatable bonds is 7. The van der Waals surface area contributed by atoms with Crippen molar-refractivity contribution in [3.8, 4) is 0 Å². The maximum absolute atomic E-state index is 12.4. The zero-order chi connectivity index (χ0) is 22.4. The van der Waals surface area contributed by atoms with Crippen LogP contribution < -0.4 is 10.7 Å². The van der Waals surface area contributed by atoms with E-state index in [0.29, 0.717) is 13.2 Å². The predicted octanol–water partition coefficient (Wildman–Crippen LogP) is 3.75. The van der Waals surface area contributed by atoms with Crippen molar-refractivity contribution < 1.29 is 14.3 Å². The summed E-state index contributed by atoms with van der Waals surface area (Å²) in [4.78, 5) is 12.4. The van der Waals surface area contributed by atoms with E-state index < -0.39 is 24.0 Å². The summed E-state index contributed by atoms with van der Waals surface area (Å²) in [5.41, 5.74) is 0.588. The van der Waals surface area contributed by atoms with Crippen molar-refractivity contribution in [2.75, 3.05) is 13.2 Å². The summed E-state index contributed by atoms with van der Waals surface area (Å²) in [6.45, 7) is 4.89. The van der Waals surface area contributed by atoms with Crippen LogP contribution in [-0.4, -0.2) is 43.2 Å². The molecule has 1 saturated heterocycles. The molecule has 0 aromatic heterocycles. The molecule has 0 spiro atoms. The first kappa shape index (κ1) is 22.8. The van der Waals surface area contributed by atoms with E-state index in [2.05, 4.69) is 95.1 Å². The Kier molecular flexibility index (Phi) is 7.16. The van der Waals surface area contributed by atoms with Crippen molar-refractivity contribution in [1.82, 2.24) is 0 Å². The van der Waals surface area contributed by atoms with Crippen LogP contribution >= 0.6 is 0 Å². The van der Waals surface area contributed by atoms with E-state index in [1.807, 2.05) is 13.8 Å². The number of carbonyl (C=O) groups is 1. The number of hydrogen-bond acceptors (Lipinski definition) is 3. The Morgan fingerprint density at radius 2 is 1.38 bits per heavy atom. The second-order valence-electron chi connectivity index (χ2n) is 8.39. The standard InChI is InChI=1S/C10H15O3.3C6H5.Sn/c1-4-12-9(11)7-10(3)8(2)5-6-13-10;3*1-2-4-6-5-3-1;/h2H,4-7H2,1,3H3;3*1-5H;. The molecule has 32 heavy (non-hydrogen) atoms.